The van der Waals surface area contributed by atoms with Crippen LogP contribution in [0.25, 0.3) is 5.82 Å². The summed E-state index contributed by atoms with van der Waals surface area (Å²) in [6, 6.07) is 7.53. The minimum atomic E-state index is -0.183. The summed E-state index contributed by atoms with van der Waals surface area (Å²) in [6.07, 6.45) is 7.56. The first-order valence-corrected chi connectivity index (χ1v) is 7.75. The van der Waals surface area contributed by atoms with Gasteiger partial charge in [0.1, 0.15) is 18.0 Å². The van der Waals surface area contributed by atoms with Crippen molar-refractivity contribution in [2.45, 2.75) is 13.3 Å². The Hall–Kier alpha value is -3.09. The largest absolute Gasteiger partial charge is 0.459 e. The van der Waals surface area contributed by atoms with Gasteiger partial charge in [0.2, 0.25) is 0 Å². The molecule has 0 aliphatic carbocycles. The maximum Gasteiger partial charge on any atom is 0.287 e. The van der Waals surface area contributed by atoms with Gasteiger partial charge in [0, 0.05) is 31.0 Å². The van der Waals surface area contributed by atoms with E-state index in [-0.39, 0.29) is 5.91 Å². The number of hydrogen-bond donors (Lipinski definition) is 2. The van der Waals surface area contributed by atoms with Gasteiger partial charge in [-0.3, -0.25) is 9.36 Å². The highest BCUT2D eigenvalue weighted by Gasteiger charge is 2.11. The number of nitrogens with one attached hydrogen (secondary N) is 2. The van der Waals surface area contributed by atoms with Crippen molar-refractivity contribution in [1.29, 1.82) is 0 Å². The number of nitrogens with zero attached hydrogens (tertiary/aromatic N) is 3. The molecule has 3 aromatic heterocycles. The number of amides is 1. The minimum Gasteiger partial charge on any atom is -0.459 e. The normalized spacial score (nSPS) is 10.5. The zero-order valence-corrected chi connectivity index (χ0v) is 13.4. The third kappa shape index (κ3) is 3.81. The average Bonchev–Trinajstić information content (AvgIpc) is 3.26. The predicted molar refractivity (Wildman–Crippen MR) is 90.2 cm³/mol. The highest BCUT2D eigenvalue weighted by Crippen LogP contribution is 2.09. The first-order chi connectivity index (χ1) is 11.7. The zero-order valence-electron chi connectivity index (χ0n) is 13.4. The van der Waals surface area contributed by atoms with Crippen LogP contribution in [0.15, 0.2) is 53.7 Å². The molecular formula is C17H19N5O2. The zero-order chi connectivity index (χ0) is 16.8. The lowest BCUT2D eigenvalue weighted by Gasteiger charge is -2.08. The molecule has 0 spiro atoms. The molecule has 0 saturated carbocycles. The van der Waals surface area contributed by atoms with Crippen LogP contribution < -0.4 is 10.6 Å². The van der Waals surface area contributed by atoms with Crippen molar-refractivity contribution < 1.29 is 9.21 Å². The maximum atomic E-state index is 11.9. The second-order valence-corrected chi connectivity index (χ2v) is 5.32. The van der Waals surface area contributed by atoms with Crippen molar-refractivity contribution in [3.63, 3.8) is 0 Å². The molecule has 0 atom stereocenters. The Morgan fingerprint density at radius 2 is 2.21 bits per heavy atom. The lowest BCUT2D eigenvalue weighted by molar-refractivity contribution is 0.0925. The molecule has 3 aromatic rings. The minimum absolute atomic E-state index is 0.183. The molecule has 1 amide bonds. The Kier molecular flexibility index (Phi) is 4.90. The monoisotopic (exact) mass is 325 g/mol. The van der Waals surface area contributed by atoms with Gasteiger partial charge in [0.15, 0.2) is 5.76 Å². The maximum absolute atomic E-state index is 11.9. The van der Waals surface area contributed by atoms with E-state index in [9.17, 15) is 4.79 Å². The fraction of sp³-hybridized carbons (Fsp3) is 0.235. The van der Waals surface area contributed by atoms with Gasteiger partial charge in [-0.05, 0) is 31.5 Å². The molecule has 3 rings (SSSR count). The number of carbonyl (C=O) groups is 1. The van der Waals surface area contributed by atoms with E-state index < -0.39 is 0 Å². The first-order valence-electron chi connectivity index (χ1n) is 7.75. The van der Waals surface area contributed by atoms with E-state index in [1.54, 1.807) is 18.6 Å². The molecule has 0 fully saturated rings. The van der Waals surface area contributed by atoms with Crippen molar-refractivity contribution in [3.8, 4) is 5.82 Å². The van der Waals surface area contributed by atoms with Gasteiger partial charge < -0.3 is 15.1 Å². The topological polar surface area (TPSA) is 85.0 Å². The molecule has 0 aliphatic rings. The van der Waals surface area contributed by atoms with Crippen LogP contribution in [0, 0.1) is 6.92 Å². The standard InChI is InChI=1S/C17H19N5O2/c1-13-6-11-24-16(13)17(23)20-8-3-7-19-14-4-2-5-15(21-14)22-10-9-18-12-22/h2,4-6,9-12H,3,7-8H2,1H3,(H,19,21)(H,20,23). The summed E-state index contributed by atoms with van der Waals surface area (Å²) in [5.74, 6) is 1.78. The Labute approximate surface area is 139 Å². The number of aromatic nitrogens is 3. The average molecular weight is 325 g/mol. The molecular weight excluding hydrogens is 306 g/mol. The predicted octanol–water partition coefficient (Wildman–Crippen LogP) is 2.40. The van der Waals surface area contributed by atoms with Gasteiger partial charge in [-0.2, -0.15) is 0 Å². The van der Waals surface area contributed by atoms with E-state index >= 15 is 0 Å². The summed E-state index contributed by atoms with van der Waals surface area (Å²) in [7, 11) is 0. The van der Waals surface area contributed by atoms with Crippen LogP contribution in [0.2, 0.25) is 0 Å². The lowest BCUT2D eigenvalue weighted by Crippen LogP contribution is -2.26. The molecule has 0 radical (unpaired) electrons. The van der Waals surface area contributed by atoms with Crippen molar-refractivity contribution >= 4 is 11.7 Å². The number of furan rings is 1. The summed E-state index contributed by atoms with van der Waals surface area (Å²) in [4.78, 5) is 20.4. The number of carbonyl (C=O) groups excluding carboxylic acids is 1. The highest BCUT2D eigenvalue weighted by molar-refractivity contribution is 5.92. The molecule has 0 bridgehead atoms. The van der Waals surface area contributed by atoms with Crippen LogP contribution in [-0.2, 0) is 0 Å². The quantitative estimate of drug-likeness (QED) is 0.652. The number of aryl methyl sites for hydroxylation is 1. The highest BCUT2D eigenvalue weighted by atomic mass is 16.3. The Morgan fingerprint density at radius 3 is 2.96 bits per heavy atom. The van der Waals surface area contributed by atoms with Gasteiger partial charge in [-0.25, -0.2) is 9.97 Å². The van der Waals surface area contributed by atoms with Gasteiger partial charge in [0.05, 0.1) is 6.26 Å². The van der Waals surface area contributed by atoms with E-state index in [1.165, 1.54) is 6.26 Å². The van der Waals surface area contributed by atoms with Crippen LogP contribution in [0.4, 0.5) is 5.82 Å². The first kappa shape index (κ1) is 15.8. The number of rotatable bonds is 7. The van der Waals surface area contributed by atoms with Crippen molar-refractivity contribution in [1.82, 2.24) is 19.9 Å². The van der Waals surface area contributed by atoms with Crippen molar-refractivity contribution in [2.24, 2.45) is 0 Å². The third-order valence-electron chi connectivity index (χ3n) is 3.52. The van der Waals surface area contributed by atoms with Crippen LogP contribution >= 0.6 is 0 Å². The smallest absolute Gasteiger partial charge is 0.287 e. The van der Waals surface area contributed by atoms with E-state index in [2.05, 4.69) is 20.6 Å². The van der Waals surface area contributed by atoms with Crippen LogP contribution in [0.5, 0.6) is 0 Å². The summed E-state index contributed by atoms with van der Waals surface area (Å²) >= 11 is 0. The number of imidazole rings is 1. The summed E-state index contributed by atoms with van der Waals surface area (Å²) < 4.78 is 7.00. The lowest BCUT2D eigenvalue weighted by atomic mass is 10.2. The fourth-order valence-corrected chi connectivity index (χ4v) is 2.25. The van der Waals surface area contributed by atoms with Crippen molar-refractivity contribution in [3.05, 3.63) is 60.6 Å². The second kappa shape index (κ2) is 7.45. The number of pyridine rings is 1. The Bertz CT molecular complexity index is 795. The summed E-state index contributed by atoms with van der Waals surface area (Å²) in [6.45, 7) is 3.11. The number of anilines is 1. The van der Waals surface area contributed by atoms with Gasteiger partial charge in [0.25, 0.3) is 5.91 Å². The SMILES string of the molecule is Cc1ccoc1C(=O)NCCCNc1cccc(-n2ccnc2)n1. The van der Waals surface area contributed by atoms with E-state index in [0.29, 0.717) is 18.8 Å². The molecule has 0 saturated heterocycles. The molecule has 7 nitrogen and oxygen atoms in total. The molecule has 0 aliphatic heterocycles. The van der Waals surface area contributed by atoms with Gasteiger partial charge in [-0.15, -0.1) is 0 Å². The van der Waals surface area contributed by atoms with Crippen LogP contribution in [0.3, 0.4) is 0 Å². The van der Waals surface area contributed by atoms with Crippen LogP contribution in [-0.4, -0.2) is 33.5 Å². The summed E-state index contributed by atoms with van der Waals surface area (Å²) in [5, 5.41) is 6.09. The second-order valence-electron chi connectivity index (χ2n) is 5.32. The van der Waals surface area contributed by atoms with Crippen LogP contribution in [0.1, 0.15) is 22.5 Å². The van der Waals surface area contributed by atoms with E-state index in [0.717, 1.165) is 23.6 Å². The third-order valence-corrected chi connectivity index (χ3v) is 3.52. The molecule has 0 unspecified atom stereocenters. The molecule has 2 N–H and O–H groups in total. The molecule has 3 heterocycles. The Morgan fingerprint density at radius 1 is 1.29 bits per heavy atom. The molecule has 124 valence electrons. The van der Waals surface area contributed by atoms with Gasteiger partial charge in [-0.1, -0.05) is 6.07 Å². The van der Waals surface area contributed by atoms with E-state index in [1.807, 2.05) is 35.9 Å². The number of hydrogen-bond acceptors (Lipinski definition) is 5. The Balaban J connectivity index is 1.43. The van der Waals surface area contributed by atoms with Crippen molar-refractivity contribution in [2.75, 3.05) is 18.4 Å². The molecule has 7 heteroatoms. The molecule has 0 aromatic carbocycles. The molecule has 24 heavy (non-hydrogen) atoms. The van der Waals surface area contributed by atoms with E-state index in [4.69, 9.17) is 4.42 Å². The fourth-order valence-electron chi connectivity index (χ4n) is 2.25. The van der Waals surface area contributed by atoms with Gasteiger partial charge >= 0.3 is 0 Å². The summed E-state index contributed by atoms with van der Waals surface area (Å²) in [5.41, 5.74) is 0.839.